The highest BCUT2D eigenvalue weighted by Gasteiger charge is 2.35. The van der Waals surface area contributed by atoms with Crippen molar-refractivity contribution in [3.8, 4) is 50.2 Å². The number of nitrogens with zero attached hydrogens (tertiary/aromatic N) is 2. The summed E-state index contributed by atoms with van der Waals surface area (Å²) in [6.07, 6.45) is 0. The number of para-hydroxylation sites is 2. The van der Waals surface area contributed by atoms with Crippen LogP contribution in [0.3, 0.4) is 0 Å². The first-order valence-electron chi connectivity index (χ1n) is 22.2. The Labute approximate surface area is 371 Å². The number of hydrogen-bond donors (Lipinski definition) is 0. The average molecular weight is 811 g/mol. The Morgan fingerprint density at radius 2 is 0.905 bits per heavy atom. The topological polar surface area (TPSA) is 8.17 Å². The second kappa shape index (κ2) is 14.9. The molecule has 0 amide bonds. The van der Waals surface area contributed by atoms with Gasteiger partial charge in [-0.25, -0.2) is 0 Å². The minimum absolute atomic E-state index is 0.106. The highest BCUT2D eigenvalue weighted by molar-refractivity contribution is 6.10. The van der Waals surface area contributed by atoms with Gasteiger partial charge in [0.2, 0.25) is 0 Å². The number of aromatic nitrogens is 1. The molecular weight excluding hydrogens is 761 g/mol. The predicted molar refractivity (Wildman–Crippen MR) is 268 cm³/mol. The van der Waals surface area contributed by atoms with Gasteiger partial charge in [0.15, 0.2) is 0 Å². The van der Waals surface area contributed by atoms with Crippen LogP contribution in [0.25, 0.3) is 72.0 Å². The molecule has 0 fully saturated rings. The standard InChI is InChI=1S/C61H50N2/c1-60(2,3)46-30-23-43(24-31-46)45-29-37-54-53-19-11-14-22-58(53)63(59(54)39-45)57-21-13-10-17-50(57)44-27-34-48(35-28-44)62(47-32-25-42(26-33-47)41-15-7-6-8-16-41)49-36-38-52-51-18-9-12-20-55(51)61(4,5)56(52)40-49/h6-40H,1-5H3. The van der Waals surface area contributed by atoms with Gasteiger partial charge in [0.05, 0.1) is 16.7 Å². The molecule has 0 aliphatic heterocycles. The Bertz CT molecular complexity index is 3310. The quantitative estimate of drug-likeness (QED) is 0.156. The van der Waals surface area contributed by atoms with Gasteiger partial charge >= 0.3 is 0 Å². The molecule has 9 aromatic carbocycles. The fourth-order valence-electron chi connectivity index (χ4n) is 9.99. The van der Waals surface area contributed by atoms with Crippen molar-refractivity contribution in [2.75, 3.05) is 4.90 Å². The summed E-state index contributed by atoms with van der Waals surface area (Å²) in [4.78, 5) is 2.41. The molecule has 0 N–H and O–H groups in total. The number of benzene rings is 9. The highest BCUT2D eigenvalue weighted by atomic mass is 15.1. The van der Waals surface area contributed by atoms with Crippen LogP contribution in [0.4, 0.5) is 17.1 Å². The van der Waals surface area contributed by atoms with Gasteiger partial charge in [-0.1, -0.05) is 192 Å². The van der Waals surface area contributed by atoms with E-state index in [2.05, 4.69) is 256 Å². The number of anilines is 3. The lowest BCUT2D eigenvalue weighted by Crippen LogP contribution is -2.16. The lowest BCUT2D eigenvalue weighted by Gasteiger charge is -2.28. The summed E-state index contributed by atoms with van der Waals surface area (Å²) in [6, 6.07) is 78.4. The van der Waals surface area contributed by atoms with Gasteiger partial charge in [-0.15, -0.1) is 0 Å². The van der Waals surface area contributed by atoms with E-state index in [1.807, 2.05) is 0 Å². The van der Waals surface area contributed by atoms with Crippen molar-refractivity contribution in [1.29, 1.82) is 0 Å². The first-order chi connectivity index (χ1) is 30.6. The average Bonchev–Trinajstić information content (AvgIpc) is 3.77. The van der Waals surface area contributed by atoms with Crippen LogP contribution >= 0.6 is 0 Å². The van der Waals surface area contributed by atoms with Crippen molar-refractivity contribution in [1.82, 2.24) is 4.57 Å². The molecule has 0 radical (unpaired) electrons. The first-order valence-corrected chi connectivity index (χ1v) is 22.2. The van der Waals surface area contributed by atoms with Gasteiger partial charge in [0.1, 0.15) is 0 Å². The van der Waals surface area contributed by atoms with Crippen LogP contribution in [0.2, 0.25) is 0 Å². The second-order valence-electron chi connectivity index (χ2n) is 18.6. The maximum absolute atomic E-state index is 2.46. The molecule has 0 unspecified atom stereocenters. The first kappa shape index (κ1) is 38.5. The van der Waals surface area contributed by atoms with Crippen LogP contribution in [-0.4, -0.2) is 4.57 Å². The van der Waals surface area contributed by atoms with E-state index in [0.29, 0.717) is 0 Å². The molecule has 0 spiro atoms. The molecule has 0 atom stereocenters. The molecule has 1 heterocycles. The Morgan fingerprint density at radius 1 is 0.381 bits per heavy atom. The van der Waals surface area contributed by atoms with Gasteiger partial charge in [-0.2, -0.15) is 0 Å². The minimum Gasteiger partial charge on any atom is -0.310 e. The van der Waals surface area contributed by atoms with Gasteiger partial charge in [-0.05, 0) is 116 Å². The molecule has 2 heteroatoms. The molecule has 0 saturated heterocycles. The molecule has 1 aliphatic carbocycles. The van der Waals surface area contributed by atoms with Crippen LogP contribution in [0.1, 0.15) is 51.3 Å². The van der Waals surface area contributed by atoms with E-state index in [1.54, 1.807) is 0 Å². The monoisotopic (exact) mass is 810 g/mol. The molecule has 10 aromatic rings. The SMILES string of the molecule is CC(C)(C)c1ccc(-c2ccc3c4ccccc4n(-c4ccccc4-c4ccc(N(c5ccc(-c6ccccc6)cc5)c5ccc6c(c5)C(C)(C)c5ccccc5-6)cc4)c3c2)cc1. The lowest BCUT2D eigenvalue weighted by atomic mass is 9.82. The van der Waals surface area contributed by atoms with Crippen molar-refractivity contribution >= 4 is 38.9 Å². The third-order valence-corrected chi connectivity index (χ3v) is 13.4. The van der Waals surface area contributed by atoms with Crippen molar-refractivity contribution in [2.24, 2.45) is 0 Å². The summed E-state index contributed by atoms with van der Waals surface area (Å²) in [7, 11) is 0. The fourth-order valence-corrected chi connectivity index (χ4v) is 9.99. The van der Waals surface area contributed by atoms with E-state index in [-0.39, 0.29) is 10.8 Å². The van der Waals surface area contributed by atoms with Gasteiger partial charge in [0, 0.05) is 38.8 Å². The van der Waals surface area contributed by atoms with E-state index in [0.717, 1.165) is 22.7 Å². The predicted octanol–water partition coefficient (Wildman–Crippen LogP) is 16.9. The van der Waals surface area contributed by atoms with Crippen molar-refractivity contribution in [3.63, 3.8) is 0 Å². The largest absolute Gasteiger partial charge is 0.310 e. The van der Waals surface area contributed by atoms with Crippen LogP contribution in [0.15, 0.2) is 212 Å². The van der Waals surface area contributed by atoms with E-state index in [1.165, 1.54) is 83.0 Å². The third kappa shape index (κ3) is 6.57. The Hall–Kier alpha value is -7.42. The van der Waals surface area contributed by atoms with Gasteiger partial charge in [-0.3, -0.25) is 0 Å². The van der Waals surface area contributed by atoms with Gasteiger partial charge < -0.3 is 9.47 Å². The maximum atomic E-state index is 2.46. The van der Waals surface area contributed by atoms with E-state index in [4.69, 9.17) is 0 Å². The molecule has 0 bridgehead atoms. The molecular formula is C61H50N2. The van der Waals surface area contributed by atoms with Crippen molar-refractivity contribution in [2.45, 2.75) is 45.4 Å². The van der Waals surface area contributed by atoms with E-state index < -0.39 is 0 Å². The summed E-state index contributed by atoms with van der Waals surface area (Å²) in [5.74, 6) is 0. The smallest absolute Gasteiger partial charge is 0.0547 e. The molecule has 1 aromatic heterocycles. The van der Waals surface area contributed by atoms with E-state index >= 15 is 0 Å². The number of hydrogen-bond acceptors (Lipinski definition) is 1. The molecule has 304 valence electrons. The lowest BCUT2D eigenvalue weighted by molar-refractivity contribution is 0.590. The third-order valence-electron chi connectivity index (χ3n) is 13.4. The molecule has 2 nitrogen and oxygen atoms in total. The molecule has 1 aliphatic rings. The summed E-state index contributed by atoms with van der Waals surface area (Å²) >= 11 is 0. The minimum atomic E-state index is -0.108. The zero-order valence-electron chi connectivity index (χ0n) is 36.6. The number of fused-ring (bicyclic) bond motifs is 6. The Morgan fingerprint density at radius 3 is 1.63 bits per heavy atom. The molecule has 0 saturated carbocycles. The highest BCUT2D eigenvalue weighted by Crippen LogP contribution is 2.51. The maximum Gasteiger partial charge on any atom is 0.0547 e. The molecule has 63 heavy (non-hydrogen) atoms. The normalized spacial score (nSPS) is 13.0. The summed E-state index contributed by atoms with van der Waals surface area (Å²) in [6.45, 7) is 11.5. The van der Waals surface area contributed by atoms with Crippen molar-refractivity contribution < 1.29 is 0 Å². The van der Waals surface area contributed by atoms with Gasteiger partial charge in [0.25, 0.3) is 0 Å². The zero-order chi connectivity index (χ0) is 42.9. The van der Waals surface area contributed by atoms with Crippen molar-refractivity contribution in [3.05, 3.63) is 229 Å². The second-order valence-corrected chi connectivity index (χ2v) is 18.6. The summed E-state index contributed by atoms with van der Waals surface area (Å²) < 4.78 is 2.46. The zero-order valence-corrected chi connectivity index (χ0v) is 36.6. The van der Waals surface area contributed by atoms with Crippen LogP contribution < -0.4 is 4.90 Å². The summed E-state index contributed by atoms with van der Waals surface area (Å²) in [5.41, 5.74) is 20.8. The Kier molecular flexibility index (Phi) is 9.10. The van der Waals surface area contributed by atoms with Crippen LogP contribution in [-0.2, 0) is 10.8 Å². The molecule has 11 rings (SSSR count). The summed E-state index contributed by atoms with van der Waals surface area (Å²) in [5, 5.41) is 2.50. The fraction of sp³-hybridized carbons (Fsp3) is 0.115. The van der Waals surface area contributed by atoms with Crippen LogP contribution in [0.5, 0.6) is 0 Å². The van der Waals surface area contributed by atoms with Crippen LogP contribution in [0, 0.1) is 0 Å². The number of rotatable bonds is 7. The Balaban J connectivity index is 1.02. The van der Waals surface area contributed by atoms with E-state index in [9.17, 15) is 0 Å².